The number of rotatable bonds is 11. The van der Waals surface area contributed by atoms with Gasteiger partial charge in [-0.3, -0.25) is 4.79 Å². The molecule has 7 heteroatoms. The number of hydrogen-bond acceptors (Lipinski definition) is 6. The number of likely N-dealkylation sites (N-methyl/N-ethyl adjacent to an activating group) is 1. The van der Waals surface area contributed by atoms with Gasteiger partial charge in [0, 0.05) is 25.2 Å². The molecule has 35 heavy (non-hydrogen) atoms. The molecule has 4 rings (SSSR count). The van der Waals surface area contributed by atoms with E-state index in [1.807, 2.05) is 29.3 Å². The molecule has 0 fully saturated rings. The number of fused-ring (bicyclic) bond motifs is 2. The van der Waals surface area contributed by atoms with Crippen LogP contribution in [-0.2, 0) is 17.6 Å². The van der Waals surface area contributed by atoms with Crippen molar-refractivity contribution in [3.63, 3.8) is 0 Å². The Labute approximate surface area is 208 Å². The maximum atomic E-state index is 12.9. The molecule has 2 aromatic carbocycles. The first-order valence-electron chi connectivity index (χ1n) is 12.2. The summed E-state index contributed by atoms with van der Waals surface area (Å²) in [6.07, 6.45) is 6.22. The van der Waals surface area contributed by atoms with Crippen LogP contribution in [0.3, 0.4) is 0 Å². The maximum Gasteiger partial charge on any atom is 0.230 e. The number of carbonyl (C=O) groups excluding carboxylic acids is 1. The van der Waals surface area contributed by atoms with Gasteiger partial charge in [-0.2, -0.15) is 0 Å². The SMILES string of the molecule is CCN(CCCN1C=Cc2cc(OC)c(OC)cc2CC1=O)CC1Cc2cc(OC)c(OC)cc21. The van der Waals surface area contributed by atoms with E-state index < -0.39 is 0 Å². The van der Waals surface area contributed by atoms with Gasteiger partial charge in [0.15, 0.2) is 23.0 Å². The van der Waals surface area contributed by atoms with Crippen LogP contribution >= 0.6 is 0 Å². The number of amides is 1. The Morgan fingerprint density at radius 3 is 2.20 bits per heavy atom. The second kappa shape index (κ2) is 11.0. The van der Waals surface area contributed by atoms with E-state index in [-0.39, 0.29) is 5.91 Å². The van der Waals surface area contributed by atoms with Crippen molar-refractivity contribution in [3.05, 3.63) is 52.7 Å². The van der Waals surface area contributed by atoms with E-state index in [4.69, 9.17) is 18.9 Å². The Morgan fingerprint density at radius 1 is 0.914 bits per heavy atom. The molecule has 0 saturated carbocycles. The van der Waals surface area contributed by atoms with Crippen molar-refractivity contribution in [1.29, 1.82) is 0 Å². The third-order valence-electron chi connectivity index (χ3n) is 7.09. The number of methoxy groups -OCH3 is 4. The summed E-state index contributed by atoms with van der Waals surface area (Å²) in [6, 6.07) is 8.06. The summed E-state index contributed by atoms with van der Waals surface area (Å²) in [7, 11) is 6.59. The molecule has 1 heterocycles. The second-order valence-electron chi connectivity index (χ2n) is 9.04. The average Bonchev–Trinajstić information content (AvgIpc) is 3.02. The van der Waals surface area contributed by atoms with Gasteiger partial charge in [-0.25, -0.2) is 0 Å². The largest absolute Gasteiger partial charge is 0.493 e. The molecule has 0 N–H and O–H groups in total. The average molecular weight is 481 g/mol. The van der Waals surface area contributed by atoms with Gasteiger partial charge >= 0.3 is 0 Å². The van der Waals surface area contributed by atoms with Gasteiger partial charge in [-0.1, -0.05) is 6.92 Å². The van der Waals surface area contributed by atoms with E-state index in [9.17, 15) is 4.79 Å². The summed E-state index contributed by atoms with van der Waals surface area (Å²) >= 11 is 0. The minimum absolute atomic E-state index is 0.101. The fraction of sp³-hybridized carbons (Fsp3) is 0.464. The molecule has 0 bridgehead atoms. The highest BCUT2D eigenvalue weighted by Crippen LogP contribution is 2.42. The number of carbonyl (C=O) groups is 1. The lowest BCUT2D eigenvalue weighted by molar-refractivity contribution is -0.127. The third-order valence-corrected chi connectivity index (χ3v) is 7.09. The first-order valence-corrected chi connectivity index (χ1v) is 12.2. The van der Waals surface area contributed by atoms with Crippen molar-refractivity contribution in [2.75, 3.05) is 54.6 Å². The summed E-state index contributed by atoms with van der Waals surface area (Å²) < 4.78 is 21.7. The lowest BCUT2D eigenvalue weighted by Gasteiger charge is -2.35. The van der Waals surface area contributed by atoms with Crippen LogP contribution in [0.5, 0.6) is 23.0 Å². The molecule has 0 spiro atoms. The first-order chi connectivity index (χ1) is 17.0. The highest BCUT2D eigenvalue weighted by atomic mass is 16.5. The monoisotopic (exact) mass is 480 g/mol. The normalized spacial score (nSPS) is 16.3. The molecule has 2 aliphatic rings. The molecule has 188 valence electrons. The molecule has 7 nitrogen and oxygen atoms in total. The van der Waals surface area contributed by atoms with Crippen LogP contribution in [0.2, 0.25) is 0 Å². The van der Waals surface area contributed by atoms with Crippen molar-refractivity contribution >= 4 is 12.0 Å². The van der Waals surface area contributed by atoms with Crippen molar-refractivity contribution in [1.82, 2.24) is 9.80 Å². The molecule has 2 aromatic rings. The third kappa shape index (κ3) is 5.25. The molecule has 1 unspecified atom stereocenters. The zero-order chi connectivity index (χ0) is 24.9. The molecule has 0 aromatic heterocycles. The Bertz CT molecular complexity index is 1100. The molecule has 1 atom stereocenters. The molecule has 1 aliphatic carbocycles. The number of hydrogen-bond donors (Lipinski definition) is 0. The molecular weight excluding hydrogens is 444 g/mol. The van der Waals surface area contributed by atoms with Crippen molar-refractivity contribution in [3.8, 4) is 23.0 Å². The summed E-state index contributed by atoms with van der Waals surface area (Å²) in [4.78, 5) is 17.2. The van der Waals surface area contributed by atoms with Crippen molar-refractivity contribution in [2.24, 2.45) is 0 Å². The minimum atomic E-state index is 0.101. The van der Waals surface area contributed by atoms with E-state index in [1.165, 1.54) is 11.1 Å². The summed E-state index contributed by atoms with van der Waals surface area (Å²) in [5.41, 5.74) is 4.65. The molecule has 1 amide bonds. The van der Waals surface area contributed by atoms with Crippen LogP contribution in [0, 0.1) is 0 Å². The van der Waals surface area contributed by atoms with Crippen LogP contribution in [-0.4, -0.2) is 70.3 Å². The smallest absolute Gasteiger partial charge is 0.230 e. The highest BCUT2D eigenvalue weighted by molar-refractivity contribution is 5.84. The number of benzene rings is 2. The molecule has 1 aliphatic heterocycles. The molecular formula is C28H36N2O5. The van der Waals surface area contributed by atoms with Gasteiger partial charge < -0.3 is 28.7 Å². The Kier molecular flexibility index (Phi) is 7.86. The topological polar surface area (TPSA) is 60.5 Å². The Hall–Kier alpha value is -3.19. The van der Waals surface area contributed by atoms with Gasteiger partial charge in [0.1, 0.15) is 0 Å². The maximum absolute atomic E-state index is 12.9. The van der Waals surface area contributed by atoms with E-state index in [2.05, 4.69) is 24.0 Å². The Balaban J connectivity index is 1.33. The number of nitrogens with zero attached hydrogens (tertiary/aromatic N) is 2. The van der Waals surface area contributed by atoms with Gasteiger partial charge in [-0.15, -0.1) is 0 Å². The predicted molar refractivity (Wildman–Crippen MR) is 137 cm³/mol. The molecule has 0 radical (unpaired) electrons. The van der Waals surface area contributed by atoms with Crippen LogP contribution in [0.1, 0.15) is 41.5 Å². The zero-order valence-corrected chi connectivity index (χ0v) is 21.4. The van der Waals surface area contributed by atoms with Crippen LogP contribution < -0.4 is 18.9 Å². The quantitative estimate of drug-likeness (QED) is 0.482. The van der Waals surface area contributed by atoms with Gasteiger partial charge in [0.25, 0.3) is 0 Å². The predicted octanol–water partition coefficient (Wildman–Crippen LogP) is 4.13. The zero-order valence-electron chi connectivity index (χ0n) is 21.4. The van der Waals surface area contributed by atoms with E-state index in [1.54, 1.807) is 28.4 Å². The van der Waals surface area contributed by atoms with Crippen molar-refractivity contribution in [2.45, 2.75) is 32.1 Å². The van der Waals surface area contributed by atoms with Gasteiger partial charge in [0.2, 0.25) is 5.91 Å². The van der Waals surface area contributed by atoms with E-state index in [0.29, 0.717) is 30.4 Å². The Morgan fingerprint density at radius 2 is 1.54 bits per heavy atom. The van der Waals surface area contributed by atoms with Crippen LogP contribution in [0.25, 0.3) is 6.08 Å². The number of ether oxygens (including phenoxy) is 4. The van der Waals surface area contributed by atoms with E-state index >= 15 is 0 Å². The highest BCUT2D eigenvalue weighted by Gasteiger charge is 2.30. The lowest BCUT2D eigenvalue weighted by atomic mass is 9.77. The van der Waals surface area contributed by atoms with Gasteiger partial charge in [0.05, 0.1) is 34.9 Å². The summed E-state index contributed by atoms with van der Waals surface area (Å²) in [5, 5.41) is 0. The minimum Gasteiger partial charge on any atom is -0.493 e. The second-order valence-corrected chi connectivity index (χ2v) is 9.04. The van der Waals surface area contributed by atoms with Crippen molar-refractivity contribution < 1.29 is 23.7 Å². The fourth-order valence-electron chi connectivity index (χ4n) is 5.02. The molecule has 0 saturated heterocycles. The van der Waals surface area contributed by atoms with Gasteiger partial charge in [-0.05, 0) is 78.5 Å². The van der Waals surface area contributed by atoms with Crippen LogP contribution in [0.4, 0.5) is 0 Å². The summed E-state index contributed by atoms with van der Waals surface area (Å²) in [6.45, 7) is 5.83. The summed E-state index contributed by atoms with van der Waals surface area (Å²) in [5.74, 6) is 3.51. The lowest BCUT2D eigenvalue weighted by Crippen LogP contribution is -2.36. The standard InChI is InChI=1S/C28H36N2O5/c1-6-29(18-22-12-21-15-26(34-4)27(35-5)17-23(21)22)9-7-10-30-11-8-19-13-24(32-2)25(33-3)14-20(19)16-28(30)31/h8,11,13-15,17,22H,6-7,9-10,12,16,18H2,1-5H3. The fourth-order valence-corrected chi connectivity index (χ4v) is 5.02. The van der Waals surface area contributed by atoms with E-state index in [0.717, 1.165) is 55.1 Å². The first kappa shape index (κ1) is 24.9. The van der Waals surface area contributed by atoms with Crippen LogP contribution in [0.15, 0.2) is 30.5 Å².